The van der Waals surface area contributed by atoms with Crippen LogP contribution < -0.4 is 0 Å². The van der Waals surface area contributed by atoms with Crippen LogP contribution in [0.5, 0.6) is 0 Å². The fourth-order valence-electron chi connectivity index (χ4n) is 0.816. The molecule has 2 nitrogen and oxygen atoms in total. The third kappa shape index (κ3) is 1.76. The van der Waals surface area contributed by atoms with Gasteiger partial charge in [-0.1, -0.05) is 34.8 Å². The number of aromatic nitrogens is 2. The molecule has 0 radical (unpaired) electrons. The highest BCUT2D eigenvalue weighted by Gasteiger charge is 2.09. The summed E-state index contributed by atoms with van der Waals surface area (Å²) < 4.78 is 1.77. The SMILES string of the molecule is Cc1c(C(Cl)=C(Cl)Cl)cnn1C. The second-order valence-electron chi connectivity index (χ2n) is 2.34. The normalized spacial score (nSPS) is 10.1. The molecule has 1 rings (SSSR count). The summed E-state index contributed by atoms with van der Waals surface area (Å²) in [5.41, 5.74) is 1.69. The highest BCUT2D eigenvalue weighted by molar-refractivity contribution is 6.66. The van der Waals surface area contributed by atoms with E-state index in [1.807, 2.05) is 14.0 Å². The highest BCUT2D eigenvalue weighted by Crippen LogP contribution is 2.29. The standard InChI is InChI=1S/C7H7Cl3N2/c1-4-5(3-11-12(4)2)6(8)7(9)10/h3H,1-2H3. The van der Waals surface area contributed by atoms with Crippen molar-refractivity contribution in [2.24, 2.45) is 7.05 Å². The summed E-state index contributed by atoms with van der Waals surface area (Å²) >= 11 is 16.9. The maximum absolute atomic E-state index is 5.82. The van der Waals surface area contributed by atoms with Crippen LogP contribution in [0.15, 0.2) is 10.7 Å². The van der Waals surface area contributed by atoms with Crippen LogP contribution in [-0.4, -0.2) is 9.78 Å². The van der Waals surface area contributed by atoms with Gasteiger partial charge in [-0.25, -0.2) is 0 Å². The van der Waals surface area contributed by atoms with Crippen molar-refractivity contribution in [1.82, 2.24) is 9.78 Å². The molecule has 0 aliphatic rings. The maximum Gasteiger partial charge on any atom is 0.126 e. The van der Waals surface area contributed by atoms with Crippen LogP contribution in [0.1, 0.15) is 11.3 Å². The Morgan fingerprint density at radius 1 is 1.42 bits per heavy atom. The number of hydrogen-bond acceptors (Lipinski definition) is 1. The minimum Gasteiger partial charge on any atom is -0.272 e. The molecule has 0 atom stereocenters. The summed E-state index contributed by atoms with van der Waals surface area (Å²) in [7, 11) is 1.82. The summed E-state index contributed by atoms with van der Waals surface area (Å²) in [6, 6.07) is 0. The first-order valence-corrected chi connectivity index (χ1v) is 4.37. The Bertz CT molecular complexity index is 323. The largest absolute Gasteiger partial charge is 0.272 e. The first kappa shape index (κ1) is 9.90. The maximum atomic E-state index is 5.82. The monoisotopic (exact) mass is 224 g/mol. The van der Waals surface area contributed by atoms with E-state index in [2.05, 4.69) is 5.10 Å². The zero-order valence-electron chi connectivity index (χ0n) is 6.61. The van der Waals surface area contributed by atoms with E-state index in [9.17, 15) is 0 Å². The van der Waals surface area contributed by atoms with Crippen molar-refractivity contribution in [1.29, 1.82) is 0 Å². The first-order chi connectivity index (χ1) is 5.54. The number of rotatable bonds is 1. The first-order valence-electron chi connectivity index (χ1n) is 3.23. The van der Waals surface area contributed by atoms with E-state index < -0.39 is 0 Å². The van der Waals surface area contributed by atoms with Gasteiger partial charge in [0.1, 0.15) is 4.49 Å². The molecule has 0 saturated carbocycles. The average Bonchev–Trinajstić information content (AvgIpc) is 2.32. The second-order valence-corrected chi connectivity index (χ2v) is 3.67. The van der Waals surface area contributed by atoms with Gasteiger partial charge in [0, 0.05) is 18.3 Å². The van der Waals surface area contributed by atoms with Gasteiger partial charge in [-0.05, 0) is 6.92 Å². The van der Waals surface area contributed by atoms with Crippen molar-refractivity contribution < 1.29 is 0 Å². The number of nitrogens with zero attached hydrogens (tertiary/aromatic N) is 2. The molecule has 1 aromatic rings. The van der Waals surface area contributed by atoms with E-state index in [1.54, 1.807) is 10.9 Å². The third-order valence-electron chi connectivity index (χ3n) is 1.64. The molecule has 0 fully saturated rings. The lowest BCUT2D eigenvalue weighted by Crippen LogP contribution is -1.92. The van der Waals surface area contributed by atoms with Crippen molar-refractivity contribution in [3.05, 3.63) is 21.9 Å². The molecule has 0 N–H and O–H groups in total. The summed E-state index contributed by atoms with van der Waals surface area (Å²) in [6.45, 7) is 1.89. The highest BCUT2D eigenvalue weighted by atomic mass is 35.5. The van der Waals surface area contributed by atoms with Crippen molar-refractivity contribution >= 4 is 39.8 Å². The summed E-state index contributed by atoms with van der Waals surface area (Å²) in [5.74, 6) is 0. The predicted molar refractivity (Wildman–Crippen MR) is 52.4 cm³/mol. The van der Waals surface area contributed by atoms with E-state index >= 15 is 0 Å². The Labute approximate surface area is 85.7 Å². The lowest BCUT2D eigenvalue weighted by Gasteiger charge is -1.97. The minimum atomic E-state index is 0.0627. The van der Waals surface area contributed by atoms with Gasteiger partial charge in [-0.3, -0.25) is 4.68 Å². The van der Waals surface area contributed by atoms with Gasteiger partial charge < -0.3 is 0 Å². The summed E-state index contributed by atoms with van der Waals surface area (Å²) in [4.78, 5) is 0. The van der Waals surface area contributed by atoms with Crippen LogP contribution in [0.25, 0.3) is 5.03 Å². The lowest BCUT2D eigenvalue weighted by molar-refractivity contribution is 0.740. The summed E-state index contributed by atoms with van der Waals surface area (Å²) in [6.07, 6.45) is 1.63. The Balaban J connectivity index is 3.21. The van der Waals surface area contributed by atoms with Gasteiger partial charge in [-0.15, -0.1) is 0 Å². The Morgan fingerprint density at radius 2 is 2.00 bits per heavy atom. The molecule has 0 aliphatic carbocycles. The van der Waals surface area contributed by atoms with Crippen LogP contribution >= 0.6 is 34.8 Å². The molecule has 0 bridgehead atoms. The molecular formula is C7H7Cl3N2. The van der Waals surface area contributed by atoms with Gasteiger partial charge in [0.2, 0.25) is 0 Å². The second kappa shape index (κ2) is 3.69. The molecule has 1 heterocycles. The fraction of sp³-hybridized carbons (Fsp3) is 0.286. The summed E-state index contributed by atoms with van der Waals surface area (Å²) in [5, 5.41) is 4.34. The molecule has 0 saturated heterocycles. The Morgan fingerprint density at radius 3 is 2.33 bits per heavy atom. The van der Waals surface area contributed by atoms with Crippen LogP contribution in [0.3, 0.4) is 0 Å². The molecule has 0 amide bonds. The number of aryl methyl sites for hydroxylation is 1. The average molecular weight is 226 g/mol. The predicted octanol–water partition coefficient (Wildman–Crippen LogP) is 3.07. The Hall–Kier alpha value is -0.180. The third-order valence-corrected chi connectivity index (χ3v) is 2.60. The molecule has 12 heavy (non-hydrogen) atoms. The number of hydrogen-bond donors (Lipinski definition) is 0. The molecule has 0 aliphatic heterocycles. The molecule has 0 spiro atoms. The van der Waals surface area contributed by atoms with Crippen molar-refractivity contribution in [3.63, 3.8) is 0 Å². The lowest BCUT2D eigenvalue weighted by atomic mass is 10.2. The van der Waals surface area contributed by atoms with Gasteiger partial charge in [-0.2, -0.15) is 5.10 Å². The van der Waals surface area contributed by atoms with E-state index in [0.717, 1.165) is 11.3 Å². The van der Waals surface area contributed by atoms with Crippen LogP contribution in [0.4, 0.5) is 0 Å². The molecule has 0 unspecified atom stereocenters. The molecule has 66 valence electrons. The van der Waals surface area contributed by atoms with Crippen molar-refractivity contribution in [2.45, 2.75) is 6.92 Å². The fourth-order valence-corrected chi connectivity index (χ4v) is 1.21. The van der Waals surface area contributed by atoms with E-state index in [0.29, 0.717) is 5.03 Å². The van der Waals surface area contributed by atoms with Gasteiger partial charge in [0.05, 0.1) is 11.2 Å². The van der Waals surface area contributed by atoms with Crippen molar-refractivity contribution in [3.8, 4) is 0 Å². The smallest absolute Gasteiger partial charge is 0.126 e. The van der Waals surface area contributed by atoms with E-state index in [4.69, 9.17) is 34.8 Å². The quantitative estimate of drug-likeness (QED) is 0.718. The Kier molecular flexibility index (Phi) is 3.04. The topological polar surface area (TPSA) is 17.8 Å². The van der Waals surface area contributed by atoms with Crippen LogP contribution in [0, 0.1) is 6.92 Å². The molecule has 1 aromatic heterocycles. The van der Waals surface area contributed by atoms with Crippen molar-refractivity contribution in [2.75, 3.05) is 0 Å². The van der Waals surface area contributed by atoms with Crippen LogP contribution in [-0.2, 0) is 7.05 Å². The zero-order valence-corrected chi connectivity index (χ0v) is 8.87. The minimum absolute atomic E-state index is 0.0627. The van der Waals surface area contributed by atoms with E-state index in [1.165, 1.54) is 0 Å². The molecule has 5 heteroatoms. The van der Waals surface area contributed by atoms with Gasteiger partial charge >= 0.3 is 0 Å². The zero-order chi connectivity index (χ0) is 9.30. The molecular weight excluding hydrogens is 218 g/mol. The molecule has 0 aromatic carbocycles. The van der Waals surface area contributed by atoms with Gasteiger partial charge in [0.25, 0.3) is 0 Å². The van der Waals surface area contributed by atoms with E-state index in [-0.39, 0.29) is 4.49 Å². The number of halogens is 3. The van der Waals surface area contributed by atoms with Gasteiger partial charge in [0.15, 0.2) is 0 Å². The van der Waals surface area contributed by atoms with Crippen LogP contribution in [0.2, 0.25) is 0 Å².